The maximum atomic E-state index is 12.4. The van der Waals surface area contributed by atoms with Crippen molar-refractivity contribution in [3.05, 3.63) is 17.5 Å². The van der Waals surface area contributed by atoms with E-state index in [0.29, 0.717) is 5.76 Å². The van der Waals surface area contributed by atoms with Crippen molar-refractivity contribution in [1.29, 1.82) is 0 Å². The summed E-state index contributed by atoms with van der Waals surface area (Å²) in [4.78, 5) is 10.3. The number of aromatic nitrogens is 1. The van der Waals surface area contributed by atoms with E-state index in [2.05, 4.69) is 9.68 Å². The topological polar surface area (TPSA) is 63.3 Å². The molecule has 0 fully saturated rings. The van der Waals surface area contributed by atoms with Crippen LogP contribution in [0.4, 0.5) is 8.78 Å². The third-order valence-electron chi connectivity index (χ3n) is 1.72. The number of hydrogen-bond donors (Lipinski definition) is 1. The van der Waals surface area contributed by atoms with Crippen LogP contribution >= 0.6 is 0 Å². The van der Waals surface area contributed by atoms with Gasteiger partial charge in [0.05, 0.1) is 18.0 Å². The number of alkyl halides is 2. The van der Waals surface area contributed by atoms with E-state index in [9.17, 15) is 13.6 Å². The number of rotatable bonds is 4. The maximum absolute atomic E-state index is 12.4. The van der Waals surface area contributed by atoms with Gasteiger partial charge in [-0.3, -0.25) is 4.79 Å². The van der Waals surface area contributed by atoms with E-state index < -0.39 is 24.7 Å². The molecular weight excluding hydrogens is 196 g/mol. The van der Waals surface area contributed by atoms with Crippen LogP contribution in [0.15, 0.2) is 10.6 Å². The molecule has 1 N–H and O–H groups in total. The second kappa shape index (κ2) is 4.17. The minimum atomic E-state index is -2.75. The fraction of sp³-hybridized carbons (Fsp3) is 0.500. The molecule has 14 heavy (non-hydrogen) atoms. The summed E-state index contributed by atoms with van der Waals surface area (Å²) in [6.45, 7) is 1.56. The summed E-state index contributed by atoms with van der Waals surface area (Å²) in [6.07, 6.45) is -3.40. The molecule has 0 bridgehead atoms. The molecule has 1 aromatic rings. The predicted molar refractivity (Wildman–Crippen MR) is 42.2 cm³/mol. The quantitative estimate of drug-likeness (QED) is 0.814. The van der Waals surface area contributed by atoms with Crippen LogP contribution in [-0.4, -0.2) is 22.7 Å². The van der Waals surface area contributed by atoms with Crippen LogP contribution in [0.1, 0.15) is 23.8 Å². The Morgan fingerprint density at radius 1 is 1.71 bits per heavy atom. The summed E-state index contributed by atoms with van der Waals surface area (Å²) in [5.41, 5.74) is -0.0140. The number of hydrogen-bond acceptors (Lipinski definition) is 3. The fourth-order valence-corrected chi connectivity index (χ4v) is 1.07. The molecule has 4 nitrogen and oxygen atoms in total. The average Bonchev–Trinajstić information content (AvgIpc) is 2.46. The SMILES string of the molecule is Cc1cc(C(CC(=O)O)C(F)F)no1. The van der Waals surface area contributed by atoms with Gasteiger partial charge in [0.15, 0.2) is 0 Å². The Bertz CT molecular complexity index is 324. The maximum Gasteiger partial charge on any atom is 0.304 e. The largest absolute Gasteiger partial charge is 0.481 e. The molecule has 0 amide bonds. The second-order valence-corrected chi connectivity index (χ2v) is 2.90. The first-order chi connectivity index (χ1) is 6.50. The molecule has 0 spiro atoms. The van der Waals surface area contributed by atoms with E-state index in [1.54, 1.807) is 6.92 Å². The van der Waals surface area contributed by atoms with Crippen LogP contribution in [0.25, 0.3) is 0 Å². The van der Waals surface area contributed by atoms with Gasteiger partial charge in [0, 0.05) is 6.07 Å². The normalized spacial score (nSPS) is 13.1. The first-order valence-electron chi connectivity index (χ1n) is 3.94. The van der Waals surface area contributed by atoms with E-state index in [4.69, 9.17) is 5.11 Å². The molecule has 1 unspecified atom stereocenters. The molecule has 0 saturated heterocycles. The van der Waals surface area contributed by atoms with E-state index in [-0.39, 0.29) is 5.69 Å². The molecule has 1 heterocycles. The van der Waals surface area contributed by atoms with Gasteiger partial charge in [-0.05, 0) is 6.92 Å². The molecule has 0 aliphatic rings. The van der Waals surface area contributed by atoms with Crippen molar-refractivity contribution >= 4 is 5.97 Å². The Morgan fingerprint density at radius 3 is 2.71 bits per heavy atom. The number of nitrogens with zero attached hydrogens (tertiary/aromatic N) is 1. The number of carboxylic acids is 1. The molecule has 78 valence electrons. The van der Waals surface area contributed by atoms with Crippen molar-refractivity contribution in [1.82, 2.24) is 5.16 Å². The highest BCUT2D eigenvalue weighted by Gasteiger charge is 2.28. The van der Waals surface area contributed by atoms with E-state index in [0.717, 1.165) is 0 Å². The van der Waals surface area contributed by atoms with Crippen LogP contribution in [0.5, 0.6) is 0 Å². The summed E-state index contributed by atoms with van der Waals surface area (Å²) < 4.78 is 29.4. The third-order valence-corrected chi connectivity index (χ3v) is 1.72. The number of halogens is 2. The van der Waals surface area contributed by atoms with Crippen LogP contribution < -0.4 is 0 Å². The van der Waals surface area contributed by atoms with Gasteiger partial charge in [0.25, 0.3) is 0 Å². The summed E-state index contributed by atoms with van der Waals surface area (Å²) in [5, 5.41) is 11.8. The number of carboxylic acid groups (broad SMARTS) is 1. The minimum Gasteiger partial charge on any atom is -0.481 e. The first-order valence-corrected chi connectivity index (χ1v) is 3.94. The van der Waals surface area contributed by atoms with Crippen molar-refractivity contribution in [3.8, 4) is 0 Å². The average molecular weight is 205 g/mol. The van der Waals surface area contributed by atoms with Crippen molar-refractivity contribution in [3.63, 3.8) is 0 Å². The Labute approximate surface area is 78.5 Å². The molecule has 0 saturated carbocycles. The highest BCUT2D eigenvalue weighted by molar-refractivity contribution is 5.68. The van der Waals surface area contributed by atoms with Gasteiger partial charge in [-0.25, -0.2) is 8.78 Å². The van der Waals surface area contributed by atoms with Gasteiger partial charge in [0.2, 0.25) is 6.43 Å². The number of aryl methyl sites for hydroxylation is 1. The summed E-state index contributed by atoms with van der Waals surface area (Å²) in [5.74, 6) is -2.29. The van der Waals surface area contributed by atoms with Crippen molar-refractivity contribution in [2.45, 2.75) is 25.7 Å². The molecular formula is C8H9F2NO3. The molecule has 1 atom stereocenters. The van der Waals surface area contributed by atoms with Gasteiger partial charge in [-0.1, -0.05) is 5.16 Å². The van der Waals surface area contributed by atoms with E-state index in [1.165, 1.54) is 6.07 Å². The Kier molecular flexibility index (Phi) is 3.16. The molecule has 0 aliphatic heterocycles. The molecule has 0 radical (unpaired) electrons. The highest BCUT2D eigenvalue weighted by Crippen LogP contribution is 2.26. The number of carbonyl (C=O) groups is 1. The Balaban J connectivity index is 2.82. The Morgan fingerprint density at radius 2 is 2.36 bits per heavy atom. The summed E-state index contributed by atoms with van der Waals surface area (Å²) in [7, 11) is 0. The van der Waals surface area contributed by atoms with Gasteiger partial charge in [-0.15, -0.1) is 0 Å². The molecule has 0 aromatic carbocycles. The van der Waals surface area contributed by atoms with Crippen molar-refractivity contribution in [2.24, 2.45) is 0 Å². The smallest absolute Gasteiger partial charge is 0.304 e. The lowest BCUT2D eigenvalue weighted by Crippen LogP contribution is -2.14. The predicted octanol–water partition coefficient (Wildman–Crippen LogP) is 1.81. The van der Waals surface area contributed by atoms with Crippen molar-refractivity contribution in [2.75, 3.05) is 0 Å². The van der Waals surface area contributed by atoms with Crippen molar-refractivity contribution < 1.29 is 23.2 Å². The zero-order chi connectivity index (χ0) is 10.7. The van der Waals surface area contributed by atoms with Crippen LogP contribution in [0, 0.1) is 6.92 Å². The van der Waals surface area contributed by atoms with Crippen LogP contribution in [0.3, 0.4) is 0 Å². The standard InChI is InChI=1S/C8H9F2NO3/c1-4-2-6(11-14-4)5(8(9)10)3-7(12)13/h2,5,8H,3H2,1H3,(H,12,13). The van der Waals surface area contributed by atoms with Gasteiger partial charge in [0.1, 0.15) is 5.76 Å². The summed E-state index contributed by atoms with van der Waals surface area (Å²) in [6, 6.07) is 1.32. The Hall–Kier alpha value is -1.46. The monoisotopic (exact) mass is 205 g/mol. The third kappa shape index (κ3) is 2.51. The summed E-state index contributed by atoms with van der Waals surface area (Å²) >= 11 is 0. The van der Waals surface area contributed by atoms with Gasteiger partial charge in [-0.2, -0.15) is 0 Å². The first kappa shape index (κ1) is 10.6. The zero-order valence-electron chi connectivity index (χ0n) is 7.41. The molecule has 0 aliphatic carbocycles. The molecule has 1 rings (SSSR count). The van der Waals surface area contributed by atoms with Gasteiger partial charge < -0.3 is 9.63 Å². The van der Waals surface area contributed by atoms with E-state index in [1.807, 2.05) is 0 Å². The molecule has 1 aromatic heterocycles. The molecule has 6 heteroatoms. The zero-order valence-corrected chi connectivity index (χ0v) is 7.41. The lowest BCUT2D eigenvalue weighted by atomic mass is 10.0. The second-order valence-electron chi connectivity index (χ2n) is 2.90. The lowest BCUT2D eigenvalue weighted by molar-refractivity contribution is -0.138. The van der Waals surface area contributed by atoms with Crippen LogP contribution in [-0.2, 0) is 4.79 Å². The van der Waals surface area contributed by atoms with Gasteiger partial charge >= 0.3 is 5.97 Å². The highest BCUT2D eigenvalue weighted by atomic mass is 19.3. The lowest BCUT2D eigenvalue weighted by Gasteiger charge is -2.09. The minimum absolute atomic E-state index is 0.0140. The fourth-order valence-electron chi connectivity index (χ4n) is 1.07. The number of aliphatic carboxylic acids is 1. The van der Waals surface area contributed by atoms with E-state index >= 15 is 0 Å². The van der Waals surface area contributed by atoms with Crippen LogP contribution in [0.2, 0.25) is 0 Å².